The van der Waals surface area contributed by atoms with Gasteiger partial charge < -0.3 is 10.6 Å². The second kappa shape index (κ2) is 5.90. The highest BCUT2D eigenvalue weighted by atomic mass is 19.1. The van der Waals surface area contributed by atoms with Crippen molar-refractivity contribution in [1.29, 1.82) is 0 Å². The molecule has 5 nitrogen and oxygen atoms in total. The van der Waals surface area contributed by atoms with Gasteiger partial charge in [-0.1, -0.05) is 13.0 Å². The first-order valence-corrected chi connectivity index (χ1v) is 5.83. The van der Waals surface area contributed by atoms with Crippen molar-refractivity contribution < 1.29 is 9.18 Å². The third-order valence-electron chi connectivity index (χ3n) is 2.35. The van der Waals surface area contributed by atoms with Crippen LogP contribution >= 0.6 is 0 Å². The molecule has 2 N–H and O–H groups in total. The van der Waals surface area contributed by atoms with Crippen LogP contribution in [0.1, 0.15) is 13.3 Å². The minimum Gasteiger partial charge on any atom is -0.339 e. The van der Waals surface area contributed by atoms with Crippen molar-refractivity contribution >= 4 is 23.2 Å². The van der Waals surface area contributed by atoms with E-state index in [1.807, 2.05) is 0 Å². The molecule has 0 fully saturated rings. The molecule has 2 aromatic rings. The summed E-state index contributed by atoms with van der Waals surface area (Å²) in [7, 11) is 0. The van der Waals surface area contributed by atoms with Crippen LogP contribution in [-0.4, -0.2) is 16.1 Å². The molecule has 1 aromatic heterocycles. The molecule has 19 heavy (non-hydrogen) atoms. The number of hydrogen-bond donors (Lipinski definition) is 2. The second-order valence-electron chi connectivity index (χ2n) is 3.84. The summed E-state index contributed by atoms with van der Waals surface area (Å²) in [5, 5.41) is 13.2. The second-order valence-corrected chi connectivity index (χ2v) is 3.84. The quantitative estimate of drug-likeness (QED) is 0.887. The van der Waals surface area contributed by atoms with Crippen molar-refractivity contribution in [3.63, 3.8) is 0 Å². The normalized spacial score (nSPS) is 10.0. The van der Waals surface area contributed by atoms with Crippen LogP contribution in [0.15, 0.2) is 36.4 Å². The van der Waals surface area contributed by atoms with Gasteiger partial charge in [0, 0.05) is 12.1 Å². The fourth-order valence-electron chi connectivity index (χ4n) is 1.41. The molecule has 2 rings (SSSR count). The number of aromatic nitrogens is 2. The highest BCUT2D eigenvalue weighted by molar-refractivity contribution is 5.89. The monoisotopic (exact) mass is 260 g/mol. The molecule has 0 saturated heterocycles. The minimum atomic E-state index is -0.329. The maximum Gasteiger partial charge on any atom is 0.225 e. The number of carbonyl (C=O) groups excluding carboxylic acids is 1. The first-order valence-electron chi connectivity index (χ1n) is 5.83. The number of benzene rings is 1. The first kappa shape index (κ1) is 12.9. The zero-order valence-electron chi connectivity index (χ0n) is 10.4. The summed E-state index contributed by atoms with van der Waals surface area (Å²) in [6, 6.07) is 9.32. The number of amides is 1. The molecule has 0 radical (unpaired) electrons. The Kier molecular flexibility index (Phi) is 4.02. The van der Waals surface area contributed by atoms with Gasteiger partial charge >= 0.3 is 0 Å². The highest BCUT2D eigenvalue weighted by Gasteiger charge is 2.02. The van der Waals surface area contributed by atoms with Gasteiger partial charge in [-0.15, -0.1) is 10.2 Å². The Morgan fingerprint density at radius 2 is 1.95 bits per heavy atom. The maximum absolute atomic E-state index is 13.0. The van der Waals surface area contributed by atoms with E-state index in [1.165, 1.54) is 12.1 Å². The van der Waals surface area contributed by atoms with Crippen molar-refractivity contribution in [3.8, 4) is 0 Å². The topological polar surface area (TPSA) is 66.9 Å². The largest absolute Gasteiger partial charge is 0.339 e. The fraction of sp³-hybridized carbons (Fsp3) is 0.154. The Morgan fingerprint density at radius 3 is 2.58 bits per heavy atom. The molecule has 0 aliphatic carbocycles. The molecule has 1 amide bonds. The lowest BCUT2D eigenvalue weighted by Crippen LogP contribution is -2.11. The Bertz CT molecular complexity index is 571. The lowest BCUT2D eigenvalue weighted by molar-refractivity contribution is -0.115. The molecular formula is C13H13FN4O. The van der Waals surface area contributed by atoms with Crippen LogP contribution in [-0.2, 0) is 4.79 Å². The van der Waals surface area contributed by atoms with E-state index < -0.39 is 0 Å². The van der Waals surface area contributed by atoms with Gasteiger partial charge in [0.1, 0.15) is 5.82 Å². The predicted octanol–water partition coefficient (Wildman–Crippen LogP) is 2.71. The molecule has 0 bridgehead atoms. The molecule has 0 aliphatic heterocycles. The van der Waals surface area contributed by atoms with Gasteiger partial charge in [0.2, 0.25) is 5.91 Å². The molecule has 1 aromatic carbocycles. The number of hydrogen-bond acceptors (Lipinski definition) is 4. The number of nitrogens with one attached hydrogen (secondary N) is 2. The van der Waals surface area contributed by atoms with Crippen LogP contribution in [0.25, 0.3) is 0 Å². The first-order chi connectivity index (χ1) is 9.17. The molecule has 0 atom stereocenters. The third kappa shape index (κ3) is 3.74. The summed E-state index contributed by atoms with van der Waals surface area (Å²) < 4.78 is 13.0. The summed E-state index contributed by atoms with van der Waals surface area (Å²) in [6.45, 7) is 1.75. The SMILES string of the molecule is CCC(=O)Nc1ccc(Nc2cccc(F)c2)nn1. The molecule has 1 heterocycles. The van der Waals surface area contributed by atoms with Crippen molar-refractivity contribution in [2.24, 2.45) is 0 Å². The van der Waals surface area contributed by atoms with Gasteiger partial charge in [0.05, 0.1) is 0 Å². The fourth-order valence-corrected chi connectivity index (χ4v) is 1.41. The minimum absolute atomic E-state index is 0.125. The van der Waals surface area contributed by atoms with Gasteiger partial charge in [-0.25, -0.2) is 4.39 Å². The summed E-state index contributed by atoms with van der Waals surface area (Å²) in [5.41, 5.74) is 0.583. The van der Waals surface area contributed by atoms with Gasteiger partial charge in [-0.2, -0.15) is 0 Å². The standard InChI is InChI=1S/C13H13FN4O/c1-2-13(19)16-12-7-6-11(17-18-12)15-10-5-3-4-9(14)8-10/h3-8H,2H2,1H3,(H,15,17)(H,16,18,19). The number of halogens is 1. The molecule has 0 saturated carbocycles. The predicted molar refractivity (Wildman–Crippen MR) is 70.6 cm³/mol. The maximum atomic E-state index is 13.0. The van der Waals surface area contributed by atoms with Crippen molar-refractivity contribution in [2.75, 3.05) is 10.6 Å². The van der Waals surface area contributed by atoms with E-state index in [0.29, 0.717) is 23.7 Å². The van der Waals surface area contributed by atoms with E-state index in [9.17, 15) is 9.18 Å². The van der Waals surface area contributed by atoms with E-state index >= 15 is 0 Å². The average molecular weight is 260 g/mol. The molecular weight excluding hydrogens is 247 g/mol. The van der Waals surface area contributed by atoms with E-state index in [1.54, 1.807) is 31.2 Å². The molecule has 6 heteroatoms. The van der Waals surface area contributed by atoms with E-state index in [0.717, 1.165) is 0 Å². The summed E-state index contributed by atoms with van der Waals surface area (Å²) in [5.74, 6) is 0.404. The summed E-state index contributed by atoms with van der Waals surface area (Å²) in [6.07, 6.45) is 0.380. The zero-order chi connectivity index (χ0) is 13.7. The number of rotatable bonds is 4. The van der Waals surface area contributed by atoms with E-state index in [2.05, 4.69) is 20.8 Å². The Balaban J connectivity index is 2.04. The third-order valence-corrected chi connectivity index (χ3v) is 2.35. The Morgan fingerprint density at radius 1 is 1.21 bits per heavy atom. The van der Waals surface area contributed by atoms with Crippen LogP contribution in [0, 0.1) is 5.82 Å². The smallest absolute Gasteiger partial charge is 0.225 e. The van der Waals surface area contributed by atoms with Crippen molar-refractivity contribution in [1.82, 2.24) is 10.2 Å². The summed E-state index contributed by atoms with van der Waals surface area (Å²) >= 11 is 0. The van der Waals surface area contributed by atoms with Crippen LogP contribution in [0.4, 0.5) is 21.7 Å². The van der Waals surface area contributed by atoms with Crippen LogP contribution in [0.2, 0.25) is 0 Å². The van der Waals surface area contributed by atoms with Crippen LogP contribution in [0.5, 0.6) is 0 Å². The van der Waals surface area contributed by atoms with Gasteiger partial charge in [0.25, 0.3) is 0 Å². The Hall–Kier alpha value is -2.50. The van der Waals surface area contributed by atoms with Gasteiger partial charge in [-0.05, 0) is 30.3 Å². The lowest BCUT2D eigenvalue weighted by atomic mass is 10.3. The zero-order valence-corrected chi connectivity index (χ0v) is 10.4. The molecule has 0 unspecified atom stereocenters. The van der Waals surface area contributed by atoms with Gasteiger partial charge in [-0.3, -0.25) is 4.79 Å². The highest BCUT2D eigenvalue weighted by Crippen LogP contribution is 2.15. The lowest BCUT2D eigenvalue weighted by Gasteiger charge is -2.06. The number of carbonyl (C=O) groups is 1. The van der Waals surface area contributed by atoms with E-state index in [4.69, 9.17) is 0 Å². The van der Waals surface area contributed by atoms with Crippen molar-refractivity contribution in [3.05, 3.63) is 42.2 Å². The number of anilines is 3. The average Bonchev–Trinajstić information content (AvgIpc) is 2.41. The Labute approximate surface area is 109 Å². The molecule has 0 spiro atoms. The number of nitrogens with zero attached hydrogens (tertiary/aromatic N) is 2. The van der Waals surface area contributed by atoms with Crippen molar-refractivity contribution in [2.45, 2.75) is 13.3 Å². The van der Waals surface area contributed by atoms with Crippen LogP contribution in [0.3, 0.4) is 0 Å². The summed E-state index contributed by atoms with van der Waals surface area (Å²) in [4.78, 5) is 11.2. The molecule has 0 aliphatic rings. The molecule has 98 valence electrons. The van der Waals surface area contributed by atoms with Crippen LogP contribution < -0.4 is 10.6 Å². The van der Waals surface area contributed by atoms with Gasteiger partial charge in [0.15, 0.2) is 11.6 Å². The van der Waals surface area contributed by atoms with E-state index in [-0.39, 0.29) is 11.7 Å².